The Balaban J connectivity index is 2.17. The second kappa shape index (κ2) is 3.25. The van der Waals surface area contributed by atoms with Gasteiger partial charge in [-0.1, -0.05) is 11.6 Å². The van der Waals surface area contributed by atoms with Gasteiger partial charge in [-0.25, -0.2) is 4.39 Å². The molecule has 0 spiro atoms. The molecule has 16 heavy (non-hydrogen) atoms. The Bertz CT molecular complexity index is 460. The summed E-state index contributed by atoms with van der Waals surface area (Å²) in [4.78, 5) is 0. The maximum absolute atomic E-state index is 14.0. The number of ether oxygens (including phenoxy) is 2. The van der Waals surface area contributed by atoms with Gasteiger partial charge in [-0.3, -0.25) is 0 Å². The van der Waals surface area contributed by atoms with Crippen LogP contribution >= 0.6 is 11.6 Å². The van der Waals surface area contributed by atoms with E-state index in [2.05, 4.69) is 0 Å². The summed E-state index contributed by atoms with van der Waals surface area (Å²) in [5.41, 5.74) is 5.84. The summed E-state index contributed by atoms with van der Waals surface area (Å²) in [5.74, 6) is 0.300. The van der Waals surface area contributed by atoms with Gasteiger partial charge in [0.2, 0.25) is 0 Å². The third-order valence-electron chi connectivity index (χ3n) is 3.04. The minimum absolute atomic E-state index is 0.0241. The highest BCUT2D eigenvalue weighted by atomic mass is 35.5. The minimum Gasteiger partial charge on any atom is -0.486 e. The van der Waals surface area contributed by atoms with Crippen LogP contribution < -0.4 is 15.2 Å². The second-order valence-corrected chi connectivity index (χ2v) is 4.61. The van der Waals surface area contributed by atoms with E-state index in [0.29, 0.717) is 30.3 Å². The first-order valence-corrected chi connectivity index (χ1v) is 5.56. The average Bonchev–Trinajstić information content (AvgIpc) is 3.03. The lowest BCUT2D eigenvalue weighted by atomic mass is 10.0. The molecule has 0 atom stereocenters. The predicted octanol–water partition coefficient (Wildman–Crippen LogP) is 2.20. The van der Waals surface area contributed by atoms with Gasteiger partial charge in [0.25, 0.3) is 0 Å². The number of halogens is 2. The van der Waals surface area contributed by atoms with Crippen molar-refractivity contribution in [3.05, 3.63) is 22.5 Å². The van der Waals surface area contributed by atoms with Crippen molar-refractivity contribution in [1.29, 1.82) is 0 Å². The number of hydrogen-bond acceptors (Lipinski definition) is 3. The summed E-state index contributed by atoms with van der Waals surface area (Å²) >= 11 is 5.91. The zero-order valence-corrected chi connectivity index (χ0v) is 9.31. The van der Waals surface area contributed by atoms with Gasteiger partial charge in [0.15, 0.2) is 17.3 Å². The van der Waals surface area contributed by atoms with Crippen molar-refractivity contribution in [3.63, 3.8) is 0 Å². The SMILES string of the molecule is NC1(c2cc3c(c(Cl)c2F)OCCO3)CC1. The van der Waals surface area contributed by atoms with E-state index < -0.39 is 11.4 Å². The fourth-order valence-corrected chi connectivity index (χ4v) is 2.14. The van der Waals surface area contributed by atoms with Crippen molar-refractivity contribution in [2.75, 3.05) is 13.2 Å². The van der Waals surface area contributed by atoms with E-state index in [1.165, 1.54) is 0 Å². The third-order valence-corrected chi connectivity index (χ3v) is 3.38. The van der Waals surface area contributed by atoms with Crippen molar-refractivity contribution in [2.24, 2.45) is 5.73 Å². The van der Waals surface area contributed by atoms with Gasteiger partial charge < -0.3 is 15.2 Å². The maximum Gasteiger partial charge on any atom is 0.182 e. The number of hydrogen-bond donors (Lipinski definition) is 1. The monoisotopic (exact) mass is 243 g/mol. The van der Waals surface area contributed by atoms with Gasteiger partial charge in [0, 0.05) is 11.1 Å². The van der Waals surface area contributed by atoms with Crippen LogP contribution in [0.5, 0.6) is 11.5 Å². The fraction of sp³-hybridized carbons (Fsp3) is 0.455. The molecule has 0 saturated heterocycles. The highest BCUT2D eigenvalue weighted by Crippen LogP contribution is 2.49. The van der Waals surface area contributed by atoms with Crippen molar-refractivity contribution >= 4 is 11.6 Å². The third kappa shape index (κ3) is 1.37. The lowest BCUT2D eigenvalue weighted by Crippen LogP contribution is -2.23. The number of nitrogens with two attached hydrogens (primary N) is 1. The summed E-state index contributed by atoms with van der Waals surface area (Å²) in [6.07, 6.45) is 1.56. The van der Waals surface area contributed by atoms with Crippen LogP contribution in [-0.4, -0.2) is 13.2 Å². The molecule has 3 rings (SSSR count). The van der Waals surface area contributed by atoms with Gasteiger partial charge in [0.1, 0.15) is 18.2 Å². The summed E-state index contributed by atoms with van der Waals surface area (Å²) < 4.78 is 24.7. The standard InChI is InChI=1S/C11H11ClFNO2/c12-8-9(13)6(11(14)1-2-11)5-7-10(8)16-4-3-15-7/h5H,1-4,14H2. The van der Waals surface area contributed by atoms with E-state index in [1.54, 1.807) is 6.07 Å². The van der Waals surface area contributed by atoms with Gasteiger partial charge in [0.05, 0.1) is 0 Å². The zero-order valence-electron chi connectivity index (χ0n) is 8.56. The summed E-state index contributed by atoms with van der Waals surface area (Å²) in [6, 6.07) is 1.61. The summed E-state index contributed by atoms with van der Waals surface area (Å²) in [6.45, 7) is 0.839. The van der Waals surface area contributed by atoms with Crippen molar-refractivity contribution in [2.45, 2.75) is 18.4 Å². The van der Waals surface area contributed by atoms with Crippen LogP contribution in [0.1, 0.15) is 18.4 Å². The molecule has 1 aromatic carbocycles. The van der Waals surface area contributed by atoms with Gasteiger partial charge in [-0.15, -0.1) is 0 Å². The Labute approximate surface area is 97.3 Å². The topological polar surface area (TPSA) is 44.5 Å². The number of benzene rings is 1. The van der Waals surface area contributed by atoms with Crippen LogP contribution in [0.3, 0.4) is 0 Å². The summed E-state index contributed by atoms with van der Waals surface area (Å²) in [5, 5.41) is -0.0241. The molecule has 3 nitrogen and oxygen atoms in total. The fourth-order valence-electron chi connectivity index (χ4n) is 1.89. The van der Waals surface area contributed by atoms with Crippen LogP contribution in [0.25, 0.3) is 0 Å². The molecule has 1 fully saturated rings. The Morgan fingerprint density at radius 2 is 2.00 bits per heavy atom. The first kappa shape index (κ1) is 10.2. The molecule has 1 aliphatic heterocycles. The zero-order chi connectivity index (χ0) is 11.3. The first-order valence-electron chi connectivity index (χ1n) is 5.19. The molecule has 1 heterocycles. The van der Waals surface area contributed by atoms with Crippen molar-refractivity contribution in [3.8, 4) is 11.5 Å². The first-order chi connectivity index (χ1) is 7.62. The molecule has 86 valence electrons. The van der Waals surface area contributed by atoms with Crippen LogP contribution in [0.2, 0.25) is 5.02 Å². The predicted molar refractivity (Wildman–Crippen MR) is 57.5 cm³/mol. The lowest BCUT2D eigenvalue weighted by molar-refractivity contribution is 0.170. The molecule has 0 unspecified atom stereocenters. The molecular formula is C11H11ClFNO2. The summed E-state index contributed by atoms with van der Waals surface area (Å²) in [7, 11) is 0. The Morgan fingerprint density at radius 3 is 2.69 bits per heavy atom. The maximum atomic E-state index is 14.0. The largest absolute Gasteiger partial charge is 0.486 e. The number of rotatable bonds is 1. The molecule has 5 heteroatoms. The van der Waals surface area contributed by atoms with Gasteiger partial charge in [-0.05, 0) is 18.9 Å². The van der Waals surface area contributed by atoms with Crippen LogP contribution in [0, 0.1) is 5.82 Å². The quantitative estimate of drug-likeness (QED) is 0.822. The highest BCUT2D eigenvalue weighted by Gasteiger charge is 2.44. The van der Waals surface area contributed by atoms with E-state index in [0.717, 1.165) is 12.8 Å². The van der Waals surface area contributed by atoms with E-state index in [9.17, 15) is 4.39 Å². The minimum atomic E-state index is -0.566. The molecule has 0 aromatic heterocycles. The highest BCUT2D eigenvalue weighted by molar-refractivity contribution is 6.32. The van der Waals surface area contributed by atoms with E-state index in [-0.39, 0.29) is 5.02 Å². The molecule has 1 aromatic rings. The van der Waals surface area contributed by atoms with E-state index >= 15 is 0 Å². The van der Waals surface area contributed by atoms with E-state index in [1.807, 2.05) is 0 Å². The number of fused-ring (bicyclic) bond motifs is 1. The molecule has 0 radical (unpaired) electrons. The van der Waals surface area contributed by atoms with E-state index in [4.69, 9.17) is 26.8 Å². The van der Waals surface area contributed by atoms with Crippen LogP contribution in [-0.2, 0) is 5.54 Å². The molecule has 1 aliphatic carbocycles. The normalized spacial score (nSPS) is 20.7. The smallest absolute Gasteiger partial charge is 0.182 e. The molecule has 2 aliphatic rings. The molecular weight excluding hydrogens is 233 g/mol. The van der Waals surface area contributed by atoms with Crippen LogP contribution in [0.4, 0.5) is 4.39 Å². The van der Waals surface area contributed by atoms with Gasteiger partial charge in [-0.2, -0.15) is 0 Å². The Morgan fingerprint density at radius 1 is 1.31 bits per heavy atom. The van der Waals surface area contributed by atoms with Crippen molar-refractivity contribution < 1.29 is 13.9 Å². The molecule has 0 bridgehead atoms. The molecule has 2 N–H and O–H groups in total. The van der Waals surface area contributed by atoms with Crippen molar-refractivity contribution in [1.82, 2.24) is 0 Å². The molecule has 1 saturated carbocycles. The average molecular weight is 244 g/mol. The Kier molecular flexibility index (Phi) is 2.06. The molecule has 0 amide bonds. The van der Waals surface area contributed by atoms with Gasteiger partial charge >= 0.3 is 0 Å². The van der Waals surface area contributed by atoms with Crippen LogP contribution in [0.15, 0.2) is 6.07 Å². The second-order valence-electron chi connectivity index (χ2n) is 4.23. The Hall–Kier alpha value is -1.00. The lowest BCUT2D eigenvalue weighted by Gasteiger charge is -2.22.